The fraction of sp³-hybridized carbons (Fsp3) is 0.611. The lowest BCUT2D eigenvalue weighted by Gasteiger charge is -2.34. The molecule has 2 fully saturated rings. The van der Waals surface area contributed by atoms with Crippen molar-refractivity contribution in [3.05, 3.63) is 35.9 Å². The van der Waals surface area contributed by atoms with Gasteiger partial charge in [0.05, 0.1) is 5.92 Å². The van der Waals surface area contributed by atoms with Gasteiger partial charge in [-0.15, -0.1) is 0 Å². The molecule has 114 valence electrons. The minimum absolute atomic E-state index is 0.170. The van der Waals surface area contributed by atoms with Crippen LogP contribution in [-0.4, -0.2) is 29.9 Å². The first kappa shape index (κ1) is 14.6. The summed E-state index contributed by atoms with van der Waals surface area (Å²) >= 11 is 0. The van der Waals surface area contributed by atoms with Gasteiger partial charge in [-0.05, 0) is 50.6 Å². The van der Waals surface area contributed by atoms with Gasteiger partial charge in [0, 0.05) is 19.1 Å². The van der Waals surface area contributed by atoms with Crippen LogP contribution in [0, 0.1) is 11.8 Å². The van der Waals surface area contributed by atoms with E-state index in [9.17, 15) is 4.79 Å². The van der Waals surface area contributed by atoms with Crippen molar-refractivity contribution in [3.8, 4) is 0 Å². The Kier molecular flexibility index (Phi) is 4.59. The third-order valence-corrected chi connectivity index (χ3v) is 4.92. The molecular formula is C18H26N2O. The van der Waals surface area contributed by atoms with E-state index in [-0.39, 0.29) is 5.92 Å². The third-order valence-electron chi connectivity index (χ3n) is 4.92. The summed E-state index contributed by atoms with van der Waals surface area (Å²) in [6.07, 6.45) is 4.72. The molecule has 1 N–H and O–H groups in total. The average Bonchev–Trinajstić information content (AvgIpc) is 3.38. The lowest BCUT2D eigenvalue weighted by Crippen LogP contribution is -2.46. The fourth-order valence-corrected chi connectivity index (χ4v) is 3.33. The van der Waals surface area contributed by atoms with Crippen LogP contribution in [0.3, 0.4) is 0 Å². The quantitative estimate of drug-likeness (QED) is 0.902. The molecule has 21 heavy (non-hydrogen) atoms. The summed E-state index contributed by atoms with van der Waals surface area (Å²) in [7, 11) is 0. The molecule has 2 aliphatic rings. The van der Waals surface area contributed by atoms with Gasteiger partial charge >= 0.3 is 0 Å². The summed E-state index contributed by atoms with van der Waals surface area (Å²) in [5, 5.41) is 3.37. The Morgan fingerprint density at radius 3 is 2.67 bits per heavy atom. The van der Waals surface area contributed by atoms with Crippen LogP contribution in [0.15, 0.2) is 30.3 Å². The fourth-order valence-electron chi connectivity index (χ4n) is 3.33. The monoisotopic (exact) mass is 286 g/mol. The predicted molar refractivity (Wildman–Crippen MR) is 84.8 cm³/mol. The van der Waals surface area contributed by atoms with Gasteiger partial charge in [-0.2, -0.15) is 0 Å². The van der Waals surface area contributed by atoms with Gasteiger partial charge in [-0.1, -0.05) is 30.3 Å². The van der Waals surface area contributed by atoms with Gasteiger partial charge in [0.1, 0.15) is 0 Å². The Labute approximate surface area is 127 Å². The number of carbonyl (C=O) groups is 1. The van der Waals surface area contributed by atoms with Gasteiger partial charge in [-0.25, -0.2) is 0 Å². The third kappa shape index (κ3) is 3.65. The largest absolute Gasteiger partial charge is 0.335 e. The van der Waals surface area contributed by atoms with E-state index >= 15 is 0 Å². The Balaban J connectivity index is 1.73. The first-order valence-electron chi connectivity index (χ1n) is 8.31. The molecule has 3 heteroatoms. The number of nitrogens with zero attached hydrogens (tertiary/aromatic N) is 1. The van der Waals surface area contributed by atoms with Crippen LogP contribution in [0.2, 0.25) is 0 Å². The van der Waals surface area contributed by atoms with Gasteiger partial charge < -0.3 is 10.2 Å². The number of hydrogen-bond donors (Lipinski definition) is 1. The molecule has 0 radical (unpaired) electrons. The Hall–Kier alpha value is -1.35. The van der Waals surface area contributed by atoms with Crippen molar-refractivity contribution in [3.63, 3.8) is 0 Å². The number of hydrogen-bond acceptors (Lipinski definition) is 2. The standard InChI is InChI=1S/C18H26N2O/c1-14(16-9-10-16)20(13-15-6-3-2-4-7-15)18(21)17-8-5-11-19-12-17/h2-4,6-7,14,16-17,19H,5,8-13H2,1H3/t14?,17-/m1/s1. The van der Waals surface area contributed by atoms with Crippen LogP contribution >= 0.6 is 0 Å². The normalized spacial score (nSPS) is 23.6. The molecule has 2 atom stereocenters. The van der Waals surface area contributed by atoms with Crippen LogP contribution in [-0.2, 0) is 11.3 Å². The summed E-state index contributed by atoms with van der Waals surface area (Å²) < 4.78 is 0. The smallest absolute Gasteiger partial charge is 0.227 e. The summed E-state index contributed by atoms with van der Waals surface area (Å²) in [6, 6.07) is 10.8. The number of rotatable bonds is 5. The maximum absolute atomic E-state index is 13.0. The van der Waals surface area contributed by atoms with Crippen molar-refractivity contribution >= 4 is 5.91 Å². The summed E-state index contributed by atoms with van der Waals surface area (Å²) in [6.45, 7) is 4.89. The first-order valence-corrected chi connectivity index (χ1v) is 8.31. The van der Waals surface area contributed by atoms with Gasteiger partial charge in [-0.3, -0.25) is 4.79 Å². The van der Waals surface area contributed by atoms with Crippen LogP contribution in [0.1, 0.15) is 38.2 Å². The van der Waals surface area contributed by atoms with Crippen molar-refractivity contribution in [1.82, 2.24) is 10.2 Å². The number of benzene rings is 1. The van der Waals surface area contributed by atoms with E-state index < -0.39 is 0 Å². The van der Waals surface area contributed by atoms with Gasteiger partial charge in [0.15, 0.2) is 0 Å². The summed E-state index contributed by atoms with van der Waals surface area (Å²) in [5.41, 5.74) is 1.24. The Bertz CT molecular complexity index is 463. The zero-order valence-electron chi connectivity index (χ0n) is 12.9. The van der Waals surface area contributed by atoms with Crippen LogP contribution in [0.4, 0.5) is 0 Å². The highest BCUT2D eigenvalue weighted by atomic mass is 16.2. The van der Waals surface area contributed by atoms with Crippen molar-refractivity contribution in [1.29, 1.82) is 0 Å². The zero-order chi connectivity index (χ0) is 14.7. The molecule has 1 aliphatic heterocycles. The maximum Gasteiger partial charge on any atom is 0.227 e. The van der Waals surface area contributed by atoms with E-state index in [0.717, 1.165) is 32.5 Å². The number of carbonyl (C=O) groups excluding carboxylic acids is 1. The molecule has 1 saturated carbocycles. The van der Waals surface area contributed by atoms with Crippen LogP contribution in [0.25, 0.3) is 0 Å². The highest BCUT2D eigenvalue weighted by Gasteiger charge is 2.36. The Morgan fingerprint density at radius 2 is 2.05 bits per heavy atom. The van der Waals surface area contributed by atoms with E-state index in [1.807, 2.05) is 6.07 Å². The molecular weight excluding hydrogens is 260 g/mol. The second-order valence-corrected chi connectivity index (χ2v) is 6.57. The summed E-state index contributed by atoms with van der Waals surface area (Å²) in [4.78, 5) is 15.1. The topological polar surface area (TPSA) is 32.3 Å². The second-order valence-electron chi connectivity index (χ2n) is 6.57. The maximum atomic E-state index is 13.0. The lowest BCUT2D eigenvalue weighted by molar-refractivity contribution is -0.139. The van der Waals surface area contributed by atoms with Gasteiger partial charge in [0.2, 0.25) is 5.91 Å². The number of amides is 1. The van der Waals surface area contributed by atoms with Crippen molar-refractivity contribution in [2.24, 2.45) is 11.8 Å². The molecule has 1 amide bonds. The number of nitrogens with one attached hydrogen (secondary N) is 1. The van der Waals surface area contributed by atoms with E-state index in [0.29, 0.717) is 17.9 Å². The predicted octanol–water partition coefficient (Wildman–Crippen LogP) is 2.81. The molecule has 1 aromatic carbocycles. The first-order chi connectivity index (χ1) is 10.3. The molecule has 0 aromatic heterocycles. The van der Waals surface area contributed by atoms with Crippen LogP contribution < -0.4 is 5.32 Å². The van der Waals surface area contributed by atoms with Crippen molar-refractivity contribution in [2.45, 2.75) is 45.2 Å². The molecule has 1 saturated heterocycles. The van der Waals surface area contributed by atoms with Crippen LogP contribution in [0.5, 0.6) is 0 Å². The molecule has 1 aliphatic carbocycles. The molecule has 1 aromatic rings. The van der Waals surface area contributed by atoms with E-state index in [4.69, 9.17) is 0 Å². The molecule has 1 heterocycles. The minimum atomic E-state index is 0.170. The number of piperidine rings is 1. The second kappa shape index (κ2) is 6.61. The zero-order valence-corrected chi connectivity index (χ0v) is 12.9. The Morgan fingerprint density at radius 1 is 1.29 bits per heavy atom. The van der Waals surface area contributed by atoms with E-state index in [1.165, 1.54) is 18.4 Å². The van der Waals surface area contributed by atoms with Gasteiger partial charge in [0.25, 0.3) is 0 Å². The van der Waals surface area contributed by atoms with Crippen molar-refractivity contribution in [2.75, 3.05) is 13.1 Å². The van der Waals surface area contributed by atoms with E-state index in [2.05, 4.69) is 41.4 Å². The average molecular weight is 286 g/mol. The molecule has 3 rings (SSSR count). The molecule has 1 unspecified atom stereocenters. The minimum Gasteiger partial charge on any atom is -0.335 e. The van der Waals surface area contributed by atoms with E-state index in [1.54, 1.807) is 0 Å². The lowest BCUT2D eigenvalue weighted by atomic mass is 9.96. The molecule has 0 spiro atoms. The molecule has 0 bridgehead atoms. The highest BCUT2D eigenvalue weighted by molar-refractivity contribution is 5.79. The van der Waals surface area contributed by atoms with Crippen molar-refractivity contribution < 1.29 is 4.79 Å². The molecule has 3 nitrogen and oxygen atoms in total. The highest BCUT2D eigenvalue weighted by Crippen LogP contribution is 2.36. The summed E-state index contributed by atoms with van der Waals surface area (Å²) in [5.74, 6) is 1.24. The SMILES string of the molecule is CC(C1CC1)N(Cc1ccccc1)C(=O)[C@@H]1CCCNC1.